The van der Waals surface area contributed by atoms with Gasteiger partial charge in [-0.1, -0.05) is 6.07 Å². The van der Waals surface area contributed by atoms with Gasteiger partial charge in [-0.05, 0) is 11.6 Å². The predicted molar refractivity (Wildman–Crippen MR) is 52.5 cm³/mol. The molecular weight excluding hydrogens is 212 g/mol. The standard InChI is InChI=1S/C10H10N2O4/c13-7-5-16-9(10(14)15)8(12-7)6-2-1-3-11-4-6/h1-4,8-9H,5H2,(H,12,13)(H,14,15)/t8-,9+/m1/s1. The second-order valence-corrected chi connectivity index (χ2v) is 3.40. The van der Waals surface area contributed by atoms with Crippen LogP contribution in [0.4, 0.5) is 0 Å². The van der Waals surface area contributed by atoms with Crippen molar-refractivity contribution in [1.82, 2.24) is 10.3 Å². The van der Waals surface area contributed by atoms with E-state index >= 15 is 0 Å². The van der Waals surface area contributed by atoms with Crippen LogP contribution in [-0.4, -0.2) is 34.7 Å². The van der Waals surface area contributed by atoms with Crippen molar-refractivity contribution in [2.75, 3.05) is 6.61 Å². The van der Waals surface area contributed by atoms with Gasteiger partial charge in [-0.25, -0.2) is 4.79 Å². The summed E-state index contributed by atoms with van der Waals surface area (Å²) < 4.78 is 4.98. The lowest BCUT2D eigenvalue weighted by Crippen LogP contribution is -2.49. The Morgan fingerprint density at radius 3 is 3.06 bits per heavy atom. The van der Waals surface area contributed by atoms with Gasteiger partial charge >= 0.3 is 5.97 Å². The summed E-state index contributed by atoms with van der Waals surface area (Å²) in [5, 5.41) is 11.5. The summed E-state index contributed by atoms with van der Waals surface area (Å²) in [5.74, 6) is -1.43. The van der Waals surface area contributed by atoms with Crippen molar-refractivity contribution in [3.8, 4) is 0 Å². The first-order valence-corrected chi connectivity index (χ1v) is 4.72. The average molecular weight is 222 g/mol. The Hall–Kier alpha value is -1.95. The van der Waals surface area contributed by atoms with Crippen molar-refractivity contribution in [1.29, 1.82) is 0 Å². The van der Waals surface area contributed by atoms with E-state index in [9.17, 15) is 9.59 Å². The van der Waals surface area contributed by atoms with E-state index in [0.717, 1.165) is 0 Å². The number of pyridine rings is 1. The van der Waals surface area contributed by atoms with Crippen molar-refractivity contribution >= 4 is 11.9 Å². The van der Waals surface area contributed by atoms with Crippen LogP contribution in [0.15, 0.2) is 24.5 Å². The van der Waals surface area contributed by atoms with Gasteiger partial charge < -0.3 is 15.2 Å². The van der Waals surface area contributed by atoms with E-state index in [-0.39, 0.29) is 12.5 Å². The minimum atomic E-state index is -1.10. The third-order valence-corrected chi connectivity index (χ3v) is 2.30. The zero-order valence-corrected chi connectivity index (χ0v) is 8.29. The van der Waals surface area contributed by atoms with Crippen LogP contribution in [0.2, 0.25) is 0 Å². The number of hydrogen-bond donors (Lipinski definition) is 2. The topological polar surface area (TPSA) is 88.5 Å². The maximum absolute atomic E-state index is 11.2. The van der Waals surface area contributed by atoms with Crippen molar-refractivity contribution < 1.29 is 19.4 Å². The number of morpholine rings is 1. The van der Waals surface area contributed by atoms with Crippen LogP contribution >= 0.6 is 0 Å². The highest BCUT2D eigenvalue weighted by molar-refractivity contribution is 5.82. The fourth-order valence-corrected chi connectivity index (χ4v) is 1.58. The number of hydrogen-bond acceptors (Lipinski definition) is 4. The number of carboxylic acids is 1. The molecule has 2 atom stereocenters. The predicted octanol–water partition coefficient (Wildman–Crippen LogP) is -0.278. The van der Waals surface area contributed by atoms with Crippen LogP contribution in [0.1, 0.15) is 11.6 Å². The smallest absolute Gasteiger partial charge is 0.335 e. The lowest BCUT2D eigenvalue weighted by atomic mass is 10.0. The van der Waals surface area contributed by atoms with Crippen molar-refractivity contribution in [3.63, 3.8) is 0 Å². The molecule has 0 radical (unpaired) electrons. The summed E-state index contributed by atoms with van der Waals surface area (Å²) in [4.78, 5) is 26.0. The fraction of sp³-hybridized carbons (Fsp3) is 0.300. The van der Waals surface area contributed by atoms with Gasteiger partial charge in [-0.15, -0.1) is 0 Å². The molecule has 16 heavy (non-hydrogen) atoms. The molecule has 0 spiro atoms. The molecule has 1 aliphatic heterocycles. The van der Waals surface area contributed by atoms with Crippen LogP contribution in [-0.2, 0) is 14.3 Å². The van der Waals surface area contributed by atoms with E-state index in [2.05, 4.69) is 10.3 Å². The molecule has 6 nitrogen and oxygen atoms in total. The largest absolute Gasteiger partial charge is 0.479 e. The van der Waals surface area contributed by atoms with E-state index < -0.39 is 18.1 Å². The maximum atomic E-state index is 11.2. The van der Waals surface area contributed by atoms with Gasteiger partial charge in [0.2, 0.25) is 5.91 Å². The molecule has 84 valence electrons. The Kier molecular flexibility index (Phi) is 2.82. The van der Waals surface area contributed by atoms with Gasteiger partial charge in [0, 0.05) is 12.4 Å². The molecule has 0 saturated carbocycles. The highest BCUT2D eigenvalue weighted by Gasteiger charge is 2.35. The summed E-state index contributed by atoms with van der Waals surface area (Å²) in [7, 11) is 0. The second-order valence-electron chi connectivity index (χ2n) is 3.40. The fourth-order valence-electron chi connectivity index (χ4n) is 1.58. The molecule has 1 saturated heterocycles. The van der Waals surface area contributed by atoms with E-state index in [1.807, 2.05) is 0 Å². The summed E-state index contributed by atoms with van der Waals surface area (Å²) in [6, 6.07) is 2.69. The number of amides is 1. The molecule has 2 N–H and O–H groups in total. The number of ether oxygens (including phenoxy) is 1. The monoisotopic (exact) mass is 222 g/mol. The van der Waals surface area contributed by atoms with E-state index in [1.165, 1.54) is 6.20 Å². The van der Waals surface area contributed by atoms with E-state index in [1.54, 1.807) is 18.3 Å². The first-order chi connectivity index (χ1) is 7.68. The molecule has 2 heterocycles. The molecule has 0 unspecified atom stereocenters. The summed E-state index contributed by atoms with van der Waals surface area (Å²) in [6.45, 7) is -0.228. The number of nitrogens with one attached hydrogen (secondary N) is 1. The SMILES string of the molecule is O=C1CO[C@H](C(=O)O)[C@@H](c2cccnc2)N1. The lowest BCUT2D eigenvalue weighted by molar-refractivity contribution is -0.160. The molecule has 1 aliphatic rings. The minimum absolute atomic E-state index is 0.228. The van der Waals surface area contributed by atoms with Gasteiger partial charge in [0.1, 0.15) is 6.61 Å². The molecular formula is C10H10N2O4. The molecule has 6 heteroatoms. The zero-order valence-electron chi connectivity index (χ0n) is 8.29. The molecule has 0 aliphatic carbocycles. The van der Waals surface area contributed by atoms with Crippen LogP contribution in [0.3, 0.4) is 0 Å². The summed E-state index contributed by atoms with van der Waals surface area (Å²) >= 11 is 0. The third kappa shape index (κ3) is 2.01. The Morgan fingerprint density at radius 1 is 1.62 bits per heavy atom. The lowest BCUT2D eigenvalue weighted by Gasteiger charge is -2.29. The van der Waals surface area contributed by atoms with Crippen LogP contribution in [0.5, 0.6) is 0 Å². The van der Waals surface area contributed by atoms with E-state index in [0.29, 0.717) is 5.56 Å². The molecule has 0 aromatic carbocycles. The highest BCUT2D eigenvalue weighted by atomic mass is 16.5. The van der Waals surface area contributed by atoms with Crippen molar-refractivity contribution in [3.05, 3.63) is 30.1 Å². The van der Waals surface area contributed by atoms with E-state index in [4.69, 9.17) is 9.84 Å². The maximum Gasteiger partial charge on any atom is 0.335 e. The molecule has 1 aromatic heterocycles. The van der Waals surface area contributed by atoms with Crippen LogP contribution < -0.4 is 5.32 Å². The number of carboxylic acid groups (broad SMARTS) is 1. The number of carbonyl (C=O) groups excluding carboxylic acids is 1. The summed E-state index contributed by atoms with van der Waals surface area (Å²) in [5.41, 5.74) is 0.614. The number of rotatable bonds is 2. The minimum Gasteiger partial charge on any atom is -0.479 e. The zero-order chi connectivity index (χ0) is 11.5. The first-order valence-electron chi connectivity index (χ1n) is 4.72. The number of carbonyl (C=O) groups is 2. The number of aromatic nitrogens is 1. The van der Waals surface area contributed by atoms with Crippen LogP contribution in [0, 0.1) is 0 Å². The Labute approximate surface area is 91.3 Å². The van der Waals surface area contributed by atoms with Gasteiger partial charge in [-0.2, -0.15) is 0 Å². The first kappa shape index (κ1) is 10.6. The third-order valence-electron chi connectivity index (χ3n) is 2.30. The average Bonchev–Trinajstić information content (AvgIpc) is 2.29. The van der Waals surface area contributed by atoms with Gasteiger partial charge in [-0.3, -0.25) is 9.78 Å². The Bertz CT molecular complexity index is 407. The molecule has 0 bridgehead atoms. The Morgan fingerprint density at radius 2 is 2.44 bits per heavy atom. The quantitative estimate of drug-likeness (QED) is 0.718. The Balaban J connectivity index is 2.27. The van der Waals surface area contributed by atoms with Crippen LogP contribution in [0.25, 0.3) is 0 Å². The second kappa shape index (κ2) is 4.28. The molecule has 1 amide bonds. The molecule has 1 fully saturated rings. The molecule has 1 aromatic rings. The van der Waals surface area contributed by atoms with Gasteiger partial charge in [0.25, 0.3) is 0 Å². The number of nitrogens with zero attached hydrogens (tertiary/aromatic N) is 1. The normalized spacial score (nSPS) is 24.9. The molecule has 2 rings (SSSR count). The summed E-state index contributed by atoms with van der Waals surface area (Å²) in [6.07, 6.45) is 2.02. The van der Waals surface area contributed by atoms with Crippen molar-refractivity contribution in [2.45, 2.75) is 12.1 Å². The van der Waals surface area contributed by atoms with Crippen molar-refractivity contribution in [2.24, 2.45) is 0 Å². The highest BCUT2D eigenvalue weighted by Crippen LogP contribution is 2.21. The van der Waals surface area contributed by atoms with Gasteiger partial charge in [0.15, 0.2) is 6.10 Å². The van der Waals surface area contributed by atoms with Gasteiger partial charge in [0.05, 0.1) is 6.04 Å². The number of aliphatic carboxylic acids is 1.